The van der Waals surface area contributed by atoms with Crippen LogP contribution in [0.25, 0.3) is 0 Å². The first-order valence-corrected chi connectivity index (χ1v) is 12.3. The Balaban J connectivity index is 1.45. The standard InChI is InChI=1S/C20H26ClN5O3S/c21-15-9-5-6-10-17(15)30(28,29)22-13-19-25-24-18-12-11-16(26(18)19)20(27)23-14-7-3-1-2-4-8-14/h5-6,9-10,14,16H,1-4,7-8,11-13H2,(H2-,22,23,27,28,29). The molecule has 1 aliphatic heterocycles. The van der Waals surface area contributed by atoms with Crippen molar-refractivity contribution in [2.24, 2.45) is 0 Å². The number of carbonyl (C=O) groups is 1. The molecule has 162 valence electrons. The molecule has 1 amide bonds. The van der Waals surface area contributed by atoms with Crippen LogP contribution in [-0.2, 0) is 32.4 Å². The highest BCUT2D eigenvalue weighted by Crippen LogP contribution is 2.28. The lowest BCUT2D eigenvalue weighted by atomic mass is 10.1. The average Bonchev–Trinajstić information content (AvgIpc) is 3.22. The second kappa shape index (κ2) is 9.13. The molecule has 2 unspecified atom stereocenters. The van der Waals surface area contributed by atoms with Gasteiger partial charge >= 0.3 is 0 Å². The summed E-state index contributed by atoms with van der Waals surface area (Å²) >= 11 is 6.03. The normalized spacial score (nSPS) is 21.6. The summed E-state index contributed by atoms with van der Waals surface area (Å²) in [6.07, 6.45) is 8.05. The summed E-state index contributed by atoms with van der Waals surface area (Å²) in [5.74, 6) is 1.11. The van der Waals surface area contributed by atoms with Gasteiger partial charge in [0, 0.05) is 12.5 Å². The monoisotopic (exact) mass is 451 g/mol. The zero-order chi connectivity index (χ0) is 21.1. The predicted octanol–water partition coefficient (Wildman–Crippen LogP) is 2.95. The molecule has 1 aromatic carbocycles. The van der Waals surface area contributed by atoms with Crippen molar-refractivity contribution in [1.82, 2.24) is 24.8 Å². The van der Waals surface area contributed by atoms with Crippen LogP contribution in [-0.4, -0.2) is 31.3 Å². The maximum absolute atomic E-state index is 13.0. The van der Waals surface area contributed by atoms with Crippen molar-refractivity contribution in [3.63, 3.8) is 0 Å². The molecule has 0 radical (unpaired) electrons. The van der Waals surface area contributed by atoms with Crippen molar-refractivity contribution in [1.29, 1.82) is 0 Å². The highest BCUT2D eigenvalue weighted by Gasteiger charge is 2.34. The molecule has 1 saturated carbocycles. The zero-order valence-electron chi connectivity index (χ0n) is 16.7. The summed E-state index contributed by atoms with van der Waals surface area (Å²) in [6, 6.07) is 6.06. The third-order valence-electron chi connectivity index (χ3n) is 5.84. The van der Waals surface area contributed by atoms with E-state index in [2.05, 4.69) is 20.2 Å². The van der Waals surface area contributed by atoms with E-state index >= 15 is 0 Å². The largest absolute Gasteiger partial charge is 0.593 e. The number of nitrogens with zero attached hydrogens (tertiary/aromatic N) is 3. The fraction of sp³-hybridized carbons (Fsp3) is 0.550. The molecule has 1 aromatic heterocycles. The van der Waals surface area contributed by atoms with Crippen LogP contribution in [0.1, 0.15) is 62.6 Å². The number of nitrogens with one attached hydrogen (secondary N) is 2. The van der Waals surface area contributed by atoms with Crippen LogP contribution in [0, 0.1) is 0 Å². The van der Waals surface area contributed by atoms with Crippen LogP contribution in [0.2, 0.25) is 5.02 Å². The van der Waals surface area contributed by atoms with Gasteiger partial charge in [0.15, 0.2) is 21.1 Å². The molecule has 4 rings (SSSR count). The summed E-state index contributed by atoms with van der Waals surface area (Å²) in [6.45, 7) is -0.0617. The van der Waals surface area contributed by atoms with Gasteiger partial charge in [-0.05, 0) is 31.4 Å². The predicted molar refractivity (Wildman–Crippen MR) is 112 cm³/mol. The highest BCUT2D eigenvalue weighted by atomic mass is 35.5. The summed E-state index contributed by atoms with van der Waals surface area (Å²) in [5.41, 5.74) is 0. The molecule has 8 nitrogen and oxygen atoms in total. The van der Waals surface area contributed by atoms with Crippen molar-refractivity contribution in [3.05, 3.63) is 40.9 Å². The van der Waals surface area contributed by atoms with E-state index in [1.54, 1.807) is 16.7 Å². The van der Waals surface area contributed by atoms with Crippen molar-refractivity contribution < 1.29 is 13.6 Å². The lowest BCUT2D eigenvalue weighted by molar-refractivity contribution is -0.125. The van der Waals surface area contributed by atoms with Crippen molar-refractivity contribution in [2.45, 2.75) is 74.9 Å². The van der Waals surface area contributed by atoms with E-state index < -0.39 is 16.4 Å². The summed E-state index contributed by atoms with van der Waals surface area (Å²) < 4.78 is 29.6. The number of benzene rings is 1. The Labute approximate surface area is 182 Å². The van der Waals surface area contributed by atoms with Gasteiger partial charge in [-0.15, -0.1) is 14.9 Å². The number of amides is 1. The lowest BCUT2D eigenvalue weighted by Gasteiger charge is -2.21. The quantitative estimate of drug-likeness (QED) is 0.518. The van der Waals surface area contributed by atoms with Gasteiger partial charge in [-0.1, -0.05) is 53.6 Å². The van der Waals surface area contributed by atoms with Crippen LogP contribution < -0.4 is 10.0 Å². The molecular formula is C20H26ClN5O3S. The van der Waals surface area contributed by atoms with Crippen LogP contribution in [0.15, 0.2) is 29.2 Å². The number of halogens is 1. The Kier molecular flexibility index (Phi) is 6.52. The van der Waals surface area contributed by atoms with Crippen LogP contribution in [0.4, 0.5) is 0 Å². The number of carbonyl (C=O) groups excluding carboxylic acids is 1. The van der Waals surface area contributed by atoms with Gasteiger partial charge < -0.3 is 14.4 Å². The Morgan fingerprint density at radius 3 is 2.63 bits per heavy atom. The zero-order valence-corrected chi connectivity index (χ0v) is 18.3. The van der Waals surface area contributed by atoms with Crippen molar-refractivity contribution in [2.75, 3.05) is 0 Å². The second-order valence-electron chi connectivity index (χ2n) is 7.91. The first kappa shape index (κ1) is 21.4. The maximum Gasteiger partial charge on any atom is 0.243 e. The van der Waals surface area contributed by atoms with E-state index in [9.17, 15) is 13.6 Å². The third-order valence-corrected chi connectivity index (χ3v) is 7.74. The van der Waals surface area contributed by atoms with Gasteiger partial charge in [0.1, 0.15) is 18.4 Å². The summed E-state index contributed by atoms with van der Waals surface area (Å²) in [5, 5.41) is 11.6. The lowest BCUT2D eigenvalue weighted by Crippen LogP contribution is -2.39. The third kappa shape index (κ3) is 4.59. The molecule has 2 atom stereocenters. The maximum atomic E-state index is 13.0. The van der Waals surface area contributed by atoms with E-state index in [-0.39, 0.29) is 28.4 Å². The number of hydrogen-bond acceptors (Lipinski definition) is 5. The minimum atomic E-state index is -3.81. The average molecular weight is 452 g/mol. The van der Waals surface area contributed by atoms with Gasteiger partial charge in [-0.2, -0.15) is 0 Å². The second-order valence-corrected chi connectivity index (χ2v) is 10.1. The molecule has 1 fully saturated rings. The molecule has 30 heavy (non-hydrogen) atoms. The number of aryl methyl sites for hydroxylation is 1. The molecule has 0 saturated heterocycles. The van der Waals surface area contributed by atoms with Gasteiger partial charge in [-0.3, -0.25) is 4.79 Å². The molecule has 2 aliphatic rings. The molecule has 10 heteroatoms. The number of hydrogen-bond donors (Lipinski definition) is 2. The van der Waals surface area contributed by atoms with Gasteiger partial charge in [0.2, 0.25) is 5.91 Å². The number of rotatable bonds is 6. The first-order chi connectivity index (χ1) is 14.5. The fourth-order valence-electron chi connectivity index (χ4n) is 4.28. The molecule has 0 spiro atoms. The van der Waals surface area contributed by atoms with Crippen LogP contribution in [0.3, 0.4) is 0 Å². The molecule has 0 bridgehead atoms. The fourth-order valence-corrected chi connectivity index (χ4v) is 5.77. The Hall–Kier alpha value is -1.81. The minimum absolute atomic E-state index is 0.00971. The van der Waals surface area contributed by atoms with Crippen molar-refractivity contribution in [3.8, 4) is 0 Å². The molecule has 1 aliphatic carbocycles. The molecule has 2 heterocycles. The van der Waals surface area contributed by atoms with Crippen LogP contribution >= 0.6 is 11.6 Å². The van der Waals surface area contributed by atoms with Crippen LogP contribution in [0.5, 0.6) is 0 Å². The molecule has 2 aromatic rings. The van der Waals surface area contributed by atoms with E-state index in [0.29, 0.717) is 24.5 Å². The smallest absolute Gasteiger partial charge is 0.243 e. The SMILES string of the molecule is O=C(NC1CCCCCC1)C1CCc2nnc(CN[S+](=O)([O-])c3ccccc3Cl)n21. The van der Waals surface area contributed by atoms with E-state index in [1.165, 1.54) is 25.0 Å². The van der Waals surface area contributed by atoms with E-state index in [4.69, 9.17) is 11.6 Å². The first-order valence-electron chi connectivity index (χ1n) is 10.4. The van der Waals surface area contributed by atoms with Gasteiger partial charge in [0.25, 0.3) is 0 Å². The summed E-state index contributed by atoms with van der Waals surface area (Å²) in [7, 11) is -3.81. The highest BCUT2D eigenvalue weighted by molar-refractivity contribution is 7.95. The van der Waals surface area contributed by atoms with E-state index in [1.807, 2.05) is 0 Å². The van der Waals surface area contributed by atoms with Gasteiger partial charge in [0.05, 0.1) is 5.02 Å². The Bertz CT molecular complexity index is 958. The topological polar surface area (TPSA) is 112 Å². The van der Waals surface area contributed by atoms with Gasteiger partial charge in [-0.25, -0.2) is 0 Å². The summed E-state index contributed by atoms with van der Waals surface area (Å²) in [4.78, 5) is 13.0. The number of aromatic nitrogens is 3. The van der Waals surface area contributed by atoms with Crippen molar-refractivity contribution >= 4 is 27.9 Å². The molecule has 2 N–H and O–H groups in total. The number of fused-ring (bicyclic) bond motifs is 1. The molecular weight excluding hydrogens is 426 g/mol. The van der Waals surface area contributed by atoms with E-state index in [0.717, 1.165) is 25.7 Å². The minimum Gasteiger partial charge on any atom is -0.593 e. The Morgan fingerprint density at radius 2 is 1.90 bits per heavy atom. The Morgan fingerprint density at radius 1 is 1.17 bits per heavy atom. The number of sulfonamides is 1.